The quantitative estimate of drug-likeness (QED) is 0.473. The maximum absolute atomic E-state index is 10.5. The summed E-state index contributed by atoms with van der Waals surface area (Å²) in [6, 6.07) is 7.90. The molecule has 2 aromatic rings. The van der Waals surface area contributed by atoms with Crippen molar-refractivity contribution < 1.29 is 10.2 Å². The molecule has 6 heteroatoms. The molecule has 20 heavy (non-hydrogen) atoms. The van der Waals surface area contributed by atoms with Crippen molar-refractivity contribution in [3.05, 3.63) is 44.3 Å². The Morgan fingerprint density at radius 2 is 1.10 bits per heavy atom. The van der Waals surface area contributed by atoms with Gasteiger partial charge in [-0.1, -0.05) is 56.1 Å². The van der Waals surface area contributed by atoms with E-state index in [1.807, 2.05) is 24.3 Å². The first-order chi connectivity index (χ1) is 9.45. The van der Waals surface area contributed by atoms with Crippen LogP contribution in [0, 0.1) is 0 Å². The molecule has 1 aliphatic carbocycles. The second kappa shape index (κ2) is 5.63. The fraction of sp³-hybridized carbons (Fsp3) is 0.286. The Balaban J connectivity index is 2.43. The standard InChI is InChI=1S/C14H10Br4O2/c15-9-5-3-1-2-4-6(5)10(16)8-7(9)13(19)11(17)12(18)14(8)20/h1-4,11-14,19-20H/t11-,12-,13-,14-/m0/s1. The van der Waals surface area contributed by atoms with Crippen molar-refractivity contribution in [2.45, 2.75) is 21.9 Å². The lowest BCUT2D eigenvalue weighted by Crippen LogP contribution is -2.35. The number of aliphatic hydroxyl groups is 2. The van der Waals surface area contributed by atoms with Crippen LogP contribution in [-0.2, 0) is 0 Å². The van der Waals surface area contributed by atoms with Gasteiger partial charge in [-0.05, 0) is 42.6 Å². The molecule has 0 saturated heterocycles. The summed E-state index contributed by atoms with van der Waals surface area (Å²) in [7, 11) is 0. The summed E-state index contributed by atoms with van der Waals surface area (Å²) in [5.74, 6) is 0. The third-order valence-corrected chi connectivity index (χ3v) is 8.22. The molecule has 0 spiro atoms. The number of rotatable bonds is 0. The third kappa shape index (κ3) is 2.15. The van der Waals surface area contributed by atoms with Crippen LogP contribution in [0.5, 0.6) is 0 Å². The van der Waals surface area contributed by atoms with Gasteiger partial charge in [0.25, 0.3) is 0 Å². The fourth-order valence-electron chi connectivity index (χ4n) is 2.64. The maximum atomic E-state index is 10.5. The van der Waals surface area contributed by atoms with Crippen LogP contribution in [0.1, 0.15) is 23.3 Å². The number of alkyl halides is 2. The second-order valence-electron chi connectivity index (χ2n) is 4.78. The molecule has 2 N–H and O–H groups in total. The Bertz CT molecular complexity index is 630. The number of halogens is 4. The molecule has 4 atom stereocenters. The van der Waals surface area contributed by atoms with Gasteiger partial charge in [0.2, 0.25) is 0 Å². The molecule has 0 bridgehead atoms. The van der Waals surface area contributed by atoms with Gasteiger partial charge in [-0.25, -0.2) is 0 Å². The van der Waals surface area contributed by atoms with Gasteiger partial charge < -0.3 is 10.2 Å². The summed E-state index contributed by atoms with van der Waals surface area (Å²) in [4.78, 5) is -0.510. The lowest BCUT2D eigenvalue weighted by Gasteiger charge is -2.36. The molecule has 0 aromatic heterocycles. The van der Waals surface area contributed by atoms with Crippen LogP contribution in [0.25, 0.3) is 10.8 Å². The lowest BCUT2D eigenvalue weighted by molar-refractivity contribution is 0.105. The van der Waals surface area contributed by atoms with Crippen molar-refractivity contribution in [2.75, 3.05) is 0 Å². The molecule has 1 aliphatic rings. The molecule has 2 aromatic carbocycles. The first-order valence-electron chi connectivity index (χ1n) is 5.99. The highest BCUT2D eigenvalue weighted by Crippen LogP contribution is 2.51. The number of hydrogen-bond donors (Lipinski definition) is 2. The monoisotopic (exact) mass is 526 g/mol. The van der Waals surface area contributed by atoms with E-state index < -0.39 is 12.2 Å². The van der Waals surface area contributed by atoms with Crippen LogP contribution < -0.4 is 0 Å². The third-order valence-electron chi connectivity index (χ3n) is 3.66. The minimum absolute atomic E-state index is 0.255. The van der Waals surface area contributed by atoms with Crippen LogP contribution in [0.2, 0.25) is 0 Å². The number of hydrogen-bond acceptors (Lipinski definition) is 2. The Kier molecular flexibility index (Phi) is 4.35. The highest BCUT2D eigenvalue weighted by Gasteiger charge is 2.41. The van der Waals surface area contributed by atoms with Crippen molar-refractivity contribution in [1.82, 2.24) is 0 Å². The predicted molar refractivity (Wildman–Crippen MR) is 94.7 cm³/mol. The molecule has 0 amide bonds. The van der Waals surface area contributed by atoms with Gasteiger partial charge in [0, 0.05) is 20.1 Å². The van der Waals surface area contributed by atoms with Crippen LogP contribution in [0.15, 0.2) is 33.2 Å². The number of aliphatic hydroxyl groups excluding tert-OH is 2. The molecule has 0 aliphatic heterocycles. The molecule has 0 heterocycles. The first-order valence-corrected chi connectivity index (χ1v) is 9.40. The molecule has 2 nitrogen and oxygen atoms in total. The molecule has 0 fully saturated rings. The van der Waals surface area contributed by atoms with E-state index in [0.717, 1.165) is 30.8 Å². The van der Waals surface area contributed by atoms with Gasteiger partial charge in [-0.15, -0.1) is 0 Å². The fourth-order valence-corrected chi connectivity index (χ4v) is 5.33. The van der Waals surface area contributed by atoms with Gasteiger partial charge in [-0.3, -0.25) is 0 Å². The smallest absolute Gasteiger partial charge is 0.0942 e. The van der Waals surface area contributed by atoms with E-state index >= 15 is 0 Å². The Morgan fingerprint density at radius 3 is 1.45 bits per heavy atom. The summed E-state index contributed by atoms with van der Waals surface area (Å²) >= 11 is 14.1. The van der Waals surface area contributed by atoms with Crippen molar-refractivity contribution >= 4 is 74.5 Å². The van der Waals surface area contributed by atoms with E-state index in [1.54, 1.807) is 0 Å². The highest BCUT2D eigenvalue weighted by atomic mass is 79.9. The van der Waals surface area contributed by atoms with Crippen molar-refractivity contribution in [3.63, 3.8) is 0 Å². The summed E-state index contributed by atoms with van der Waals surface area (Å²) in [6.07, 6.45) is -1.40. The molecule has 0 unspecified atom stereocenters. The largest absolute Gasteiger partial charge is 0.387 e. The van der Waals surface area contributed by atoms with Crippen molar-refractivity contribution in [1.29, 1.82) is 0 Å². The van der Waals surface area contributed by atoms with E-state index in [2.05, 4.69) is 63.7 Å². The topological polar surface area (TPSA) is 40.5 Å². The molecular weight excluding hydrogens is 520 g/mol. The lowest BCUT2D eigenvalue weighted by atomic mass is 9.85. The molecule has 0 saturated carbocycles. The number of fused-ring (bicyclic) bond motifs is 2. The summed E-state index contributed by atoms with van der Waals surface area (Å²) in [5.41, 5.74) is 1.47. The Labute approximate surface area is 150 Å². The zero-order valence-electron chi connectivity index (χ0n) is 10.0. The minimum atomic E-state index is -0.701. The van der Waals surface area contributed by atoms with Gasteiger partial charge in [0.05, 0.1) is 21.9 Å². The second-order valence-corrected chi connectivity index (χ2v) is 8.48. The minimum Gasteiger partial charge on any atom is -0.387 e. The molecule has 3 rings (SSSR count). The molecular formula is C14H10Br4O2. The van der Waals surface area contributed by atoms with Gasteiger partial charge in [0.1, 0.15) is 0 Å². The summed E-state index contributed by atoms with van der Waals surface area (Å²) < 4.78 is 1.67. The van der Waals surface area contributed by atoms with Crippen molar-refractivity contribution in [3.8, 4) is 0 Å². The molecule has 0 radical (unpaired) electrons. The zero-order valence-corrected chi connectivity index (χ0v) is 16.4. The van der Waals surface area contributed by atoms with Crippen LogP contribution >= 0.6 is 63.7 Å². The number of benzene rings is 2. The average Bonchev–Trinajstić information content (AvgIpc) is 2.46. The van der Waals surface area contributed by atoms with E-state index in [-0.39, 0.29) is 9.65 Å². The summed E-state index contributed by atoms with van der Waals surface area (Å²) in [5, 5.41) is 23.1. The first kappa shape index (κ1) is 15.4. The predicted octanol–water partition coefficient (Wildman–Crippen LogP) is 4.97. The van der Waals surface area contributed by atoms with Gasteiger partial charge in [-0.2, -0.15) is 0 Å². The normalized spacial score (nSPS) is 29.5. The average molecular weight is 530 g/mol. The van der Waals surface area contributed by atoms with Crippen LogP contribution in [0.3, 0.4) is 0 Å². The van der Waals surface area contributed by atoms with E-state index in [9.17, 15) is 10.2 Å². The maximum Gasteiger partial charge on any atom is 0.0942 e. The van der Waals surface area contributed by atoms with Gasteiger partial charge in [0.15, 0.2) is 0 Å². The highest BCUT2D eigenvalue weighted by molar-refractivity contribution is 9.12. The summed E-state index contributed by atoms with van der Waals surface area (Å²) in [6.45, 7) is 0. The van der Waals surface area contributed by atoms with E-state index in [1.165, 1.54) is 0 Å². The van der Waals surface area contributed by atoms with Crippen LogP contribution in [-0.4, -0.2) is 19.9 Å². The van der Waals surface area contributed by atoms with E-state index in [0.29, 0.717) is 0 Å². The van der Waals surface area contributed by atoms with Gasteiger partial charge >= 0.3 is 0 Å². The SMILES string of the molecule is O[C@H]1c2c(c(Br)c3ccccc3c2Br)[C@H](O)[C@@H](Br)[C@@H]1Br. The Morgan fingerprint density at radius 1 is 0.750 bits per heavy atom. The zero-order chi connectivity index (χ0) is 14.6. The molecule has 106 valence electrons. The van der Waals surface area contributed by atoms with Crippen molar-refractivity contribution in [2.24, 2.45) is 0 Å². The van der Waals surface area contributed by atoms with E-state index in [4.69, 9.17) is 0 Å². The Hall–Kier alpha value is 0.540. The van der Waals surface area contributed by atoms with Crippen LogP contribution in [0.4, 0.5) is 0 Å².